The van der Waals surface area contributed by atoms with Gasteiger partial charge in [-0.3, -0.25) is 0 Å². The Balaban J connectivity index is 0.00000100. The first kappa shape index (κ1) is 17.9. The molecule has 1 aromatic heterocycles. The fraction of sp³-hybridized carbons (Fsp3) is 0.278. The number of nitrogens with zero attached hydrogens (tertiary/aromatic N) is 2. The number of nitrogens with one attached hydrogen (secondary N) is 1. The van der Waals surface area contributed by atoms with E-state index in [1.54, 1.807) is 30.7 Å². The van der Waals surface area contributed by atoms with Crippen LogP contribution in [0.4, 0.5) is 20.2 Å². The largest absolute Gasteiger partial charge is 0.392 e. The zero-order valence-corrected chi connectivity index (χ0v) is 14.2. The van der Waals surface area contributed by atoms with E-state index in [-0.39, 0.29) is 23.5 Å². The molecule has 24 heavy (non-hydrogen) atoms. The van der Waals surface area contributed by atoms with E-state index in [1.165, 1.54) is 18.5 Å². The van der Waals surface area contributed by atoms with E-state index in [1.807, 2.05) is 13.8 Å². The molecule has 128 valence electrons. The van der Waals surface area contributed by atoms with Crippen LogP contribution >= 0.6 is 0 Å². The van der Waals surface area contributed by atoms with Crippen LogP contribution in [0, 0.1) is 18.6 Å². The molecular weight excluding hydrogens is 312 g/mol. The third kappa shape index (κ3) is 3.23. The molecule has 0 saturated carbocycles. The third-order valence-corrected chi connectivity index (χ3v) is 3.60. The number of aromatic nitrogens is 2. The van der Waals surface area contributed by atoms with Crippen LogP contribution < -0.4 is 5.32 Å². The quantitative estimate of drug-likeness (QED) is 0.746. The van der Waals surface area contributed by atoms with E-state index in [2.05, 4.69) is 10.3 Å². The van der Waals surface area contributed by atoms with E-state index in [0.717, 1.165) is 5.56 Å². The summed E-state index contributed by atoms with van der Waals surface area (Å²) in [6.07, 6.45) is 1.49. The number of hydrogen-bond acceptors (Lipinski definition) is 3. The van der Waals surface area contributed by atoms with E-state index >= 15 is 0 Å². The van der Waals surface area contributed by atoms with Crippen molar-refractivity contribution in [2.45, 2.75) is 27.4 Å². The summed E-state index contributed by atoms with van der Waals surface area (Å²) < 4.78 is 30.3. The standard InChI is InChI=1S/C16H15F2N3O.C2H6/c1-9-3-4-12(11(17)5-9)20-15-10(7-22)6-13-16(14(15)18)19-8-21(13)2;1-2/h3-6,8,20,22H,7H2,1-2H3;1-2H3. The SMILES string of the molecule is CC.Cc1ccc(Nc2c(CO)cc3c(ncn3C)c2F)c(F)c1. The summed E-state index contributed by atoms with van der Waals surface area (Å²) in [5.74, 6) is -1.09. The second-order valence-corrected chi connectivity index (χ2v) is 5.21. The lowest BCUT2D eigenvalue weighted by Gasteiger charge is -2.13. The smallest absolute Gasteiger partial charge is 0.174 e. The van der Waals surface area contributed by atoms with Gasteiger partial charge in [-0.05, 0) is 30.7 Å². The van der Waals surface area contributed by atoms with Gasteiger partial charge < -0.3 is 15.0 Å². The van der Waals surface area contributed by atoms with E-state index in [0.29, 0.717) is 11.1 Å². The highest BCUT2D eigenvalue weighted by molar-refractivity contribution is 5.84. The average molecular weight is 333 g/mol. The summed E-state index contributed by atoms with van der Waals surface area (Å²) in [4.78, 5) is 4.00. The van der Waals surface area contributed by atoms with Crippen molar-refractivity contribution in [1.82, 2.24) is 9.55 Å². The van der Waals surface area contributed by atoms with Gasteiger partial charge in [0.1, 0.15) is 11.3 Å². The summed E-state index contributed by atoms with van der Waals surface area (Å²) in [7, 11) is 1.74. The highest BCUT2D eigenvalue weighted by Gasteiger charge is 2.17. The molecule has 0 amide bonds. The van der Waals surface area contributed by atoms with Gasteiger partial charge in [0, 0.05) is 12.6 Å². The number of aliphatic hydroxyl groups is 1. The molecule has 2 N–H and O–H groups in total. The van der Waals surface area contributed by atoms with Crippen molar-refractivity contribution < 1.29 is 13.9 Å². The van der Waals surface area contributed by atoms with Crippen molar-refractivity contribution in [2.24, 2.45) is 7.05 Å². The second-order valence-electron chi connectivity index (χ2n) is 5.21. The first-order chi connectivity index (χ1) is 11.5. The lowest BCUT2D eigenvalue weighted by atomic mass is 10.1. The molecule has 0 radical (unpaired) electrons. The molecule has 0 spiro atoms. The monoisotopic (exact) mass is 333 g/mol. The van der Waals surface area contributed by atoms with Crippen molar-refractivity contribution >= 4 is 22.4 Å². The summed E-state index contributed by atoms with van der Waals surface area (Å²) in [6, 6.07) is 6.26. The maximum absolute atomic E-state index is 14.7. The molecule has 1 heterocycles. The molecule has 0 fully saturated rings. The zero-order valence-electron chi connectivity index (χ0n) is 14.2. The number of imidazole rings is 1. The maximum Gasteiger partial charge on any atom is 0.174 e. The Morgan fingerprint density at radius 2 is 1.92 bits per heavy atom. The predicted molar refractivity (Wildman–Crippen MR) is 92.4 cm³/mol. The Morgan fingerprint density at radius 3 is 2.54 bits per heavy atom. The van der Waals surface area contributed by atoms with Crippen molar-refractivity contribution in [3.63, 3.8) is 0 Å². The van der Waals surface area contributed by atoms with Crippen LogP contribution in [0.5, 0.6) is 0 Å². The van der Waals surface area contributed by atoms with Crippen molar-refractivity contribution in [3.05, 3.63) is 53.4 Å². The fourth-order valence-corrected chi connectivity index (χ4v) is 2.39. The van der Waals surface area contributed by atoms with Crippen LogP contribution in [-0.4, -0.2) is 14.7 Å². The molecule has 0 bridgehead atoms. The summed E-state index contributed by atoms with van der Waals surface area (Å²) in [6.45, 7) is 5.40. The third-order valence-electron chi connectivity index (χ3n) is 3.60. The van der Waals surface area contributed by atoms with Crippen molar-refractivity contribution in [3.8, 4) is 0 Å². The number of fused-ring (bicyclic) bond motifs is 1. The number of halogens is 2. The molecule has 0 unspecified atom stereocenters. The van der Waals surface area contributed by atoms with Crippen molar-refractivity contribution in [1.29, 1.82) is 0 Å². The van der Waals surface area contributed by atoms with Gasteiger partial charge in [-0.15, -0.1) is 0 Å². The molecule has 0 aliphatic rings. The minimum atomic E-state index is -0.609. The molecule has 3 rings (SSSR count). The van der Waals surface area contributed by atoms with Crippen LogP contribution in [-0.2, 0) is 13.7 Å². The minimum Gasteiger partial charge on any atom is -0.392 e. The first-order valence-electron chi connectivity index (χ1n) is 7.77. The molecule has 0 atom stereocenters. The van der Waals surface area contributed by atoms with E-state index in [4.69, 9.17) is 0 Å². The van der Waals surface area contributed by atoms with Gasteiger partial charge in [0.25, 0.3) is 0 Å². The highest BCUT2D eigenvalue weighted by atomic mass is 19.1. The predicted octanol–water partition coefficient (Wildman–Crippen LogP) is 4.42. The van der Waals surface area contributed by atoms with Gasteiger partial charge in [0.2, 0.25) is 0 Å². The van der Waals surface area contributed by atoms with Crippen LogP contribution in [0.1, 0.15) is 25.0 Å². The molecular formula is C18H21F2N3O. The number of aliphatic hydroxyl groups excluding tert-OH is 1. The van der Waals surface area contributed by atoms with Gasteiger partial charge in [-0.1, -0.05) is 19.9 Å². The summed E-state index contributed by atoms with van der Waals surface area (Å²) in [5.41, 5.74) is 2.04. The summed E-state index contributed by atoms with van der Waals surface area (Å²) >= 11 is 0. The second kappa shape index (κ2) is 7.40. The lowest BCUT2D eigenvalue weighted by Crippen LogP contribution is -2.03. The van der Waals surface area contributed by atoms with Crippen molar-refractivity contribution in [2.75, 3.05) is 5.32 Å². The Kier molecular flexibility index (Phi) is 5.51. The van der Waals surface area contributed by atoms with E-state index in [9.17, 15) is 13.9 Å². The van der Waals surface area contributed by atoms with Crippen LogP contribution in [0.15, 0.2) is 30.6 Å². The fourth-order valence-electron chi connectivity index (χ4n) is 2.39. The van der Waals surface area contributed by atoms with Crippen LogP contribution in [0.2, 0.25) is 0 Å². The molecule has 0 aliphatic heterocycles. The maximum atomic E-state index is 14.7. The molecule has 6 heteroatoms. The first-order valence-corrected chi connectivity index (χ1v) is 7.77. The van der Waals surface area contributed by atoms with Gasteiger partial charge in [0.05, 0.1) is 29.8 Å². The minimum absolute atomic E-state index is 0.0384. The van der Waals surface area contributed by atoms with Gasteiger partial charge >= 0.3 is 0 Å². The topological polar surface area (TPSA) is 50.1 Å². The van der Waals surface area contributed by atoms with Gasteiger partial charge in [0.15, 0.2) is 5.82 Å². The Labute approximate surface area is 139 Å². The van der Waals surface area contributed by atoms with Crippen LogP contribution in [0.3, 0.4) is 0 Å². The highest BCUT2D eigenvalue weighted by Crippen LogP contribution is 2.31. The molecule has 0 aliphatic carbocycles. The Hall–Kier alpha value is -2.47. The molecule has 4 nitrogen and oxygen atoms in total. The molecule has 3 aromatic rings. The average Bonchev–Trinajstić information content (AvgIpc) is 2.95. The van der Waals surface area contributed by atoms with Gasteiger partial charge in [-0.25, -0.2) is 13.8 Å². The zero-order chi connectivity index (χ0) is 17.9. The van der Waals surface area contributed by atoms with Gasteiger partial charge in [-0.2, -0.15) is 0 Å². The lowest BCUT2D eigenvalue weighted by molar-refractivity contribution is 0.282. The number of benzene rings is 2. The van der Waals surface area contributed by atoms with Crippen LogP contribution in [0.25, 0.3) is 11.0 Å². The molecule has 2 aromatic carbocycles. The van der Waals surface area contributed by atoms with E-state index < -0.39 is 11.6 Å². The normalized spacial score (nSPS) is 10.5. The summed E-state index contributed by atoms with van der Waals surface area (Å²) in [5, 5.41) is 12.2. The number of rotatable bonds is 3. The number of anilines is 2. The number of hydrogen-bond donors (Lipinski definition) is 2. The Morgan fingerprint density at radius 1 is 1.21 bits per heavy atom. The molecule has 0 saturated heterocycles. The number of aryl methyl sites for hydroxylation is 2. The Bertz CT molecular complexity index is 859.